The van der Waals surface area contributed by atoms with Crippen LogP contribution in [0.25, 0.3) is 0 Å². The van der Waals surface area contributed by atoms with Crippen LogP contribution in [-0.2, 0) is 6.54 Å². The summed E-state index contributed by atoms with van der Waals surface area (Å²) in [4.78, 5) is 6.69. The molecule has 0 saturated heterocycles. The lowest BCUT2D eigenvalue weighted by Crippen LogP contribution is -2.17. The Bertz CT molecular complexity index is 315. The van der Waals surface area contributed by atoms with E-state index in [1.54, 1.807) is 0 Å². The molecule has 0 radical (unpaired) electrons. The van der Waals surface area contributed by atoms with E-state index in [0.29, 0.717) is 6.04 Å². The highest BCUT2D eigenvalue weighted by Gasteiger charge is 2.06. The van der Waals surface area contributed by atoms with Gasteiger partial charge in [0.25, 0.3) is 0 Å². The monoisotopic (exact) mass is 224 g/mol. The Morgan fingerprint density at radius 2 is 2.12 bits per heavy atom. The van der Waals surface area contributed by atoms with Gasteiger partial charge in [-0.25, -0.2) is 4.98 Å². The average Bonchev–Trinajstić information content (AvgIpc) is 2.44. The maximum atomic E-state index is 4.49. The molecule has 0 aliphatic heterocycles. The molecule has 0 aliphatic rings. The van der Waals surface area contributed by atoms with E-state index in [9.17, 15) is 0 Å². The molecule has 0 aromatic carbocycles. The van der Waals surface area contributed by atoms with E-state index in [4.69, 9.17) is 0 Å². The van der Waals surface area contributed by atoms with Crippen molar-refractivity contribution in [2.75, 3.05) is 26.0 Å². The molecule has 0 saturated carbocycles. The summed E-state index contributed by atoms with van der Waals surface area (Å²) < 4.78 is 2.21. The maximum Gasteiger partial charge on any atom is 0.203 e. The van der Waals surface area contributed by atoms with E-state index in [-0.39, 0.29) is 0 Å². The van der Waals surface area contributed by atoms with Crippen molar-refractivity contribution in [1.82, 2.24) is 14.5 Å². The fourth-order valence-electron chi connectivity index (χ4n) is 1.65. The van der Waals surface area contributed by atoms with Crippen molar-refractivity contribution in [1.29, 1.82) is 0 Å². The highest BCUT2D eigenvalue weighted by molar-refractivity contribution is 5.29. The second-order valence-electron chi connectivity index (χ2n) is 4.86. The van der Waals surface area contributed by atoms with Crippen LogP contribution in [-0.4, -0.2) is 41.1 Å². The van der Waals surface area contributed by atoms with Crippen molar-refractivity contribution in [3.05, 3.63) is 11.9 Å². The summed E-state index contributed by atoms with van der Waals surface area (Å²) in [5.41, 5.74) is 1.08. The van der Waals surface area contributed by atoms with Crippen molar-refractivity contribution in [2.45, 2.75) is 39.8 Å². The molecule has 1 N–H and O–H groups in total. The summed E-state index contributed by atoms with van der Waals surface area (Å²) in [5, 5.41) is 3.37. The van der Waals surface area contributed by atoms with E-state index >= 15 is 0 Å². The molecular weight excluding hydrogens is 200 g/mol. The predicted octanol–water partition coefficient (Wildman–Crippen LogP) is 1.96. The Morgan fingerprint density at radius 1 is 1.44 bits per heavy atom. The van der Waals surface area contributed by atoms with Gasteiger partial charge in [0.15, 0.2) is 0 Å². The number of anilines is 1. The van der Waals surface area contributed by atoms with Crippen LogP contribution in [0.2, 0.25) is 0 Å². The molecule has 0 aliphatic carbocycles. The topological polar surface area (TPSA) is 33.1 Å². The van der Waals surface area contributed by atoms with E-state index in [1.807, 2.05) is 6.92 Å². The van der Waals surface area contributed by atoms with Crippen LogP contribution < -0.4 is 5.32 Å². The van der Waals surface area contributed by atoms with Crippen molar-refractivity contribution in [3.8, 4) is 0 Å². The van der Waals surface area contributed by atoms with Gasteiger partial charge in [-0.05, 0) is 47.8 Å². The van der Waals surface area contributed by atoms with E-state index in [0.717, 1.165) is 31.2 Å². The molecule has 1 aromatic rings. The summed E-state index contributed by atoms with van der Waals surface area (Å²) in [5.74, 6) is 0.992. The summed E-state index contributed by atoms with van der Waals surface area (Å²) in [6.07, 6.45) is 3.26. The second kappa shape index (κ2) is 5.89. The standard InChI is InChI=1S/C12H24N4/c1-10(2)13-12-14-11(3)9-16(12)8-6-7-15(4)5/h9-10H,6-8H2,1-5H3,(H,13,14). The molecule has 0 spiro atoms. The molecule has 0 atom stereocenters. The SMILES string of the molecule is Cc1cn(CCCN(C)C)c(NC(C)C)n1. The number of nitrogens with one attached hydrogen (secondary N) is 1. The fraction of sp³-hybridized carbons (Fsp3) is 0.750. The van der Waals surface area contributed by atoms with Crippen molar-refractivity contribution >= 4 is 5.95 Å². The molecule has 0 fully saturated rings. The molecule has 92 valence electrons. The van der Waals surface area contributed by atoms with E-state index < -0.39 is 0 Å². The number of rotatable bonds is 6. The Kier molecular flexibility index (Phi) is 4.80. The first-order valence-corrected chi connectivity index (χ1v) is 5.94. The van der Waals surface area contributed by atoms with Gasteiger partial charge in [-0.3, -0.25) is 0 Å². The number of hydrogen-bond acceptors (Lipinski definition) is 3. The first-order chi connectivity index (χ1) is 7.49. The first kappa shape index (κ1) is 13.0. The molecule has 4 nitrogen and oxygen atoms in total. The van der Waals surface area contributed by atoms with Crippen LogP contribution in [0.1, 0.15) is 26.0 Å². The highest BCUT2D eigenvalue weighted by atomic mass is 15.2. The second-order valence-corrected chi connectivity index (χ2v) is 4.86. The number of imidazole rings is 1. The minimum Gasteiger partial charge on any atom is -0.353 e. The van der Waals surface area contributed by atoms with Crippen LogP contribution >= 0.6 is 0 Å². The van der Waals surface area contributed by atoms with Crippen molar-refractivity contribution in [2.24, 2.45) is 0 Å². The summed E-state index contributed by atoms with van der Waals surface area (Å²) in [7, 11) is 4.21. The van der Waals surface area contributed by atoms with Crippen LogP contribution in [0.4, 0.5) is 5.95 Å². The minimum absolute atomic E-state index is 0.425. The molecular formula is C12H24N4. The van der Waals surface area contributed by atoms with Gasteiger partial charge in [0.1, 0.15) is 0 Å². The maximum absolute atomic E-state index is 4.49. The van der Waals surface area contributed by atoms with E-state index in [1.165, 1.54) is 0 Å². The third kappa shape index (κ3) is 4.23. The quantitative estimate of drug-likeness (QED) is 0.802. The summed E-state index contributed by atoms with van der Waals surface area (Å²) in [6.45, 7) is 8.43. The zero-order valence-corrected chi connectivity index (χ0v) is 11.1. The van der Waals surface area contributed by atoms with Gasteiger partial charge >= 0.3 is 0 Å². The zero-order valence-electron chi connectivity index (χ0n) is 11.1. The average molecular weight is 224 g/mol. The molecule has 1 rings (SSSR count). The number of nitrogens with zero attached hydrogens (tertiary/aromatic N) is 3. The normalized spacial score (nSPS) is 11.4. The number of hydrogen-bond donors (Lipinski definition) is 1. The van der Waals surface area contributed by atoms with Gasteiger partial charge in [-0.2, -0.15) is 0 Å². The summed E-state index contributed by atoms with van der Waals surface area (Å²) in [6, 6.07) is 0.425. The molecule has 0 unspecified atom stereocenters. The molecule has 0 bridgehead atoms. The lowest BCUT2D eigenvalue weighted by Gasteiger charge is -2.13. The molecule has 4 heteroatoms. The van der Waals surface area contributed by atoms with Gasteiger partial charge in [0.05, 0.1) is 5.69 Å². The van der Waals surface area contributed by atoms with Crippen LogP contribution in [0.15, 0.2) is 6.20 Å². The Balaban J connectivity index is 2.56. The largest absolute Gasteiger partial charge is 0.353 e. The third-order valence-electron chi connectivity index (χ3n) is 2.32. The predicted molar refractivity (Wildman–Crippen MR) is 68.9 cm³/mol. The summed E-state index contributed by atoms with van der Waals surface area (Å²) >= 11 is 0. The lowest BCUT2D eigenvalue weighted by atomic mass is 10.4. The van der Waals surface area contributed by atoms with Crippen LogP contribution in [0.5, 0.6) is 0 Å². The van der Waals surface area contributed by atoms with Gasteiger partial charge in [-0.15, -0.1) is 0 Å². The molecule has 1 heterocycles. The highest BCUT2D eigenvalue weighted by Crippen LogP contribution is 2.10. The minimum atomic E-state index is 0.425. The lowest BCUT2D eigenvalue weighted by molar-refractivity contribution is 0.387. The Labute approximate surface area is 98.7 Å². The van der Waals surface area contributed by atoms with E-state index in [2.05, 4.69) is 53.9 Å². The molecule has 1 aromatic heterocycles. The van der Waals surface area contributed by atoms with Gasteiger partial charge < -0.3 is 14.8 Å². The molecule has 0 amide bonds. The first-order valence-electron chi connectivity index (χ1n) is 5.94. The Morgan fingerprint density at radius 3 is 2.69 bits per heavy atom. The van der Waals surface area contributed by atoms with Gasteiger partial charge in [0, 0.05) is 18.8 Å². The van der Waals surface area contributed by atoms with Crippen molar-refractivity contribution < 1.29 is 0 Å². The number of aryl methyl sites for hydroxylation is 2. The van der Waals surface area contributed by atoms with Crippen LogP contribution in [0, 0.1) is 6.92 Å². The fourth-order valence-corrected chi connectivity index (χ4v) is 1.65. The number of aromatic nitrogens is 2. The molecule has 16 heavy (non-hydrogen) atoms. The van der Waals surface area contributed by atoms with Crippen molar-refractivity contribution in [3.63, 3.8) is 0 Å². The smallest absolute Gasteiger partial charge is 0.203 e. The van der Waals surface area contributed by atoms with Gasteiger partial charge in [-0.1, -0.05) is 0 Å². The zero-order chi connectivity index (χ0) is 12.1. The van der Waals surface area contributed by atoms with Gasteiger partial charge in [0.2, 0.25) is 5.95 Å². The third-order valence-corrected chi connectivity index (χ3v) is 2.32. The van der Waals surface area contributed by atoms with Crippen LogP contribution in [0.3, 0.4) is 0 Å². The Hall–Kier alpha value is -1.03.